The van der Waals surface area contributed by atoms with Crippen LogP contribution in [0.25, 0.3) is 0 Å². The molecular weight excluding hydrogens is 252 g/mol. The molecule has 1 aliphatic rings. The Balaban J connectivity index is 0.000000356. The van der Waals surface area contributed by atoms with Crippen LogP contribution in [0, 0.1) is 0 Å². The van der Waals surface area contributed by atoms with Gasteiger partial charge in [-0.05, 0) is 19.3 Å². The van der Waals surface area contributed by atoms with E-state index in [4.69, 9.17) is 9.84 Å². The third-order valence-electron chi connectivity index (χ3n) is 2.39. The minimum Gasteiger partial charge on any atom is -0.479 e. The van der Waals surface area contributed by atoms with Crippen molar-refractivity contribution in [3.8, 4) is 0 Å². The smallest absolute Gasteiger partial charge is 0.332 e. The van der Waals surface area contributed by atoms with Crippen LogP contribution in [-0.4, -0.2) is 43.2 Å². The average molecular weight is 272 g/mol. The van der Waals surface area contributed by atoms with E-state index in [0.29, 0.717) is 31.4 Å². The Bertz CT molecular complexity index is 335. The van der Waals surface area contributed by atoms with E-state index in [1.54, 1.807) is 13.2 Å². The van der Waals surface area contributed by atoms with Gasteiger partial charge in [0.15, 0.2) is 6.10 Å². The molecule has 19 heavy (non-hydrogen) atoms. The molecular formula is C12H20N2O5. The van der Waals surface area contributed by atoms with Crippen molar-refractivity contribution in [1.29, 1.82) is 0 Å². The summed E-state index contributed by atoms with van der Waals surface area (Å²) in [5.74, 6) is -1.18. The van der Waals surface area contributed by atoms with Gasteiger partial charge in [0.1, 0.15) is 0 Å². The van der Waals surface area contributed by atoms with Crippen molar-refractivity contribution in [2.75, 3.05) is 13.7 Å². The van der Waals surface area contributed by atoms with E-state index in [1.807, 2.05) is 6.92 Å². The maximum atomic E-state index is 10.9. The molecule has 1 aliphatic heterocycles. The minimum absolute atomic E-state index is 0.350. The second kappa shape index (κ2) is 10.1. The molecule has 0 aromatic heterocycles. The monoisotopic (exact) mass is 272 g/mol. The molecule has 0 spiro atoms. The maximum Gasteiger partial charge on any atom is 0.332 e. The van der Waals surface area contributed by atoms with Crippen LogP contribution in [0.5, 0.6) is 0 Å². The summed E-state index contributed by atoms with van der Waals surface area (Å²) >= 11 is 0. The van der Waals surface area contributed by atoms with Gasteiger partial charge in [0.05, 0.1) is 0 Å². The summed E-state index contributed by atoms with van der Waals surface area (Å²) in [6.45, 7) is 2.45. The first-order valence-electron chi connectivity index (χ1n) is 6.02. The fourth-order valence-corrected chi connectivity index (χ4v) is 1.42. The number of amides is 2. The van der Waals surface area contributed by atoms with Crippen LogP contribution in [0.15, 0.2) is 11.8 Å². The van der Waals surface area contributed by atoms with Crippen LogP contribution in [0.3, 0.4) is 0 Å². The van der Waals surface area contributed by atoms with Crippen LogP contribution < -0.4 is 10.6 Å². The van der Waals surface area contributed by atoms with Crippen LogP contribution in [0.1, 0.15) is 26.2 Å². The molecule has 0 saturated carbocycles. The van der Waals surface area contributed by atoms with Crippen molar-refractivity contribution in [3.05, 3.63) is 11.8 Å². The van der Waals surface area contributed by atoms with E-state index in [0.717, 1.165) is 6.42 Å². The number of carboxylic acids is 1. The molecule has 1 rings (SSSR count). The summed E-state index contributed by atoms with van der Waals surface area (Å²) in [6.07, 6.45) is 3.59. The predicted molar refractivity (Wildman–Crippen MR) is 68.3 cm³/mol. The number of carboxylic acid groups (broad SMARTS) is 1. The highest BCUT2D eigenvalue weighted by molar-refractivity contribution is 5.98. The summed E-state index contributed by atoms with van der Waals surface area (Å²) in [4.78, 5) is 30.9. The summed E-state index contributed by atoms with van der Waals surface area (Å²) in [7, 11) is 1.70. The average Bonchev–Trinajstić information content (AvgIpc) is 2.91. The molecule has 7 nitrogen and oxygen atoms in total. The zero-order valence-corrected chi connectivity index (χ0v) is 11.1. The van der Waals surface area contributed by atoms with Gasteiger partial charge in [0.25, 0.3) is 5.91 Å². The third kappa shape index (κ3) is 7.20. The standard InChI is InChI=1S/C7H12N2O2.C5H8O3/c1-3-6(4-8-2)7(11)9-5-10;6-5(7)4-2-1-3-8-4/h4-5,8H,3H2,1-2H3,(H,9,10,11);4H,1-3H2,(H,6,7)/b6-4-;. The molecule has 0 radical (unpaired) electrons. The number of imide groups is 1. The zero-order chi connectivity index (χ0) is 14.7. The lowest BCUT2D eigenvalue weighted by Gasteiger charge is -2.00. The molecule has 0 bridgehead atoms. The van der Waals surface area contributed by atoms with E-state index >= 15 is 0 Å². The summed E-state index contributed by atoms with van der Waals surface area (Å²) in [5.41, 5.74) is 0.555. The molecule has 0 aromatic rings. The van der Waals surface area contributed by atoms with Gasteiger partial charge in [-0.15, -0.1) is 0 Å². The molecule has 1 heterocycles. The van der Waals surface area contributed by atoms with Gasteiger partial charge in [-0.1, -0.05) is 6.92 Å². The zero-order valence-electron chi connectivity index (χ0n) is 11.1. The first-order valence-corrected chi connectivity index (χ1v) is 6.02. The Kier molecular flexibility index (Phi) is 9.07. The third-order valence-corrected chi connectivity index (χ3v) is 2.39. The van der Waals surface area contributed by atoms with Gasteiger partial charge in [-0.25, -0.2) is 4.79 Å². The second-order valence-corrected chi connectivity index (χ2v) is 3.74. The van der Waals surface area contributed by atoms with Crippen LogP contribution in [0.2, 0.25) is 0 Å². The molecule has 108 valence electrons. The first-order chi connectivity index (χ1) is 9.06. The first kappa shape index (κ1) is 17.1. The van der Waals surface area contributed by atoms with E-state index in [1.165, 1.54) is 0 Å². The minimum atomic E-state index is -0.831. The van der Waals surface area contributed by atoms with E-state index in [9.17, 15) is 14.4 Å². The SMILES string of the molecule is CC/C(=C/NC)C(=O)NC=O.O=C(O)C1CCCO1. The number of ether oxygens (including phenoxy) is 1. The largest absolute Gasteiger partial charge is 0.479 e. The normalized spacial score (nSPS) is 18.0. The highest BCUT2D eigenvalue weighted by Gasteiger charge is 2.21. The number of rotatable bonds is 5. The number of carbonyl (C=O) groups is 3. The molecule has 2 amide bonds. The van der Waals surface area contributed by atoms with Crippen molar-refractivity contribution >= 4 is 18.3 Å². The summed E-state index contributed by atoms with van der Waals surface area (Å²) in [5, 5.41) is 13.1. The Morgan fingerprint density at radius 3 is 2.47 bits per heavy atom. The topological polar surface area (TPSA) is 105 Å². The molecule has 0 aromatic carbocycles. The van der Waals surface area contributed by atoms with Crippen LogP contribution in [0.4, 0.5) is 0 Å². The fraction of sp³-hybridized carbons (Fsp3) is 0.583. The quantitative estimate of drug-likeness (QED) is 0.481. The van der Waals surface area contributed by atoms with Crippen molar-refractivity contribution in [2.24, 2.45) is 0 Å². The molecule has 7 heteroatoms. The number of hydrogen-bond donors (Lipinski definition) is 3. The van der Waals surface area contributed by atoms with Gasteiger partial charge in [-0.2, -0.15) is 0 Å². The highest BCUT2D eigenvalue weighted by Crippen LogP contribution is 2.10. The number of hydrogen-bond acceptors (Lipinski definition) is 5. The van der Waals surface area contributed by atoms with Crippen molar-refractivity contribution in [2.45, 2.75) is 32.3 Å². The fourth-order valence-electron chi connectivity index (χ4n) is 1.42. The number of carbonyl (C=O) groups excluding carboxylic acids is 2. The lowest BCUT2D eigenvalue weighted by molar-refractivity contribution is -0.147. The van der Waals surface area contributed by atoms with Crippen molar-refractivity contribution < 1.29 is 24.2 Å². The maximum absolute atomic E-state index is 10.9. The van der Waals surface area contributed by atoms with Crippen molar-refractivity contribution in [3.63, 3.8) is 0 Å². The Morgan fingerprint density at radius 1 is 1.47 bits per heavy atom. The van der Waals surface area contributed by atoms with Crippen LogP contribution in [-0.2, 0) is 19.1 Å². The molecule has 1 atom stereocenters. The second-order valence-electron chi connectivity index (χ2n) is 3.74. The van der Waals surface area contributed by atoms with Gasteiger partial charge in [0.2, 0.25) is 6.41 Å². The van der Waals surface area contributed by atoms with Gasteiger partial charge < -0.3 is 15.2 Å². The van der Waals surface area contributed by atoms with Crippen molar-refractivity contribution in [1.82, 2.24) is 10.6 Å². The highest BCUT2D eigenvalue weighted by atomic mass is 16.5. The van der Waals surface area contributed by atoms with E-state index < -0.39 is 12.1 Å². The van der Waals surface area contributed by atoms with Crippen LogP contribution >= 0.6 is 0 Å². The summed E-state index contributed by atoms with van der Waals surface area (Å²) < 4.78 is 4.81. The molecule has 1 saturated heterocycles. The van der Waals surface area contributed by atoms with Gasteiger partial charge in [-0.3, -0.25) is 14.9 Å². The number of aliphatic carboxylic acids is 1. The molecule has 0 aliphatic carbocycles. The summed E-state index contributed by atoms with van der Waals surface area (Å²) in [6, 6.07) is 0. The van der Waals surface area contributed by atoms with Gasteiger partial charge in [0, 0.05) is 25.4 Å². The predicted octanol–water partition coefficient (Wildman–Crippen LogP) is 0.0223. The molecule has 3 N–H and O–H groups in total. The Labute approximate surface area is 112 Å². The van der Waals surface area contributed by atoms with E-state index in [2.05, 4.69) is 10.6 Å². The number of nitrogens with one attached hydrogen (secondary N) is 2. The lowest BCUT2D eigenvalue weighted by atomic mass is 10.2. The van der Waals surface area contributed by atoms with E-state index in [-0.39, 0.29) is 5.91 Å². The molecule has 1 unspecified atom stereocenters. The molecule has 1 fully saturated rings. The Morgan fingerprint density at radius 2 is 2.16 bits per heavy atom. The van der Waals surface area contributed by atoms with Gasteiger partial charge >= 0.3 is 5.97 Å². The lowest BCUT2D eigenvalue weighted by Crippen LogP contribution is -2.23. The Hall–Kier alpha value is -1.89.